The molecule has 1 atom stereocenters. The fourth-order valence-electron chi connectivity index (χ4n) is 2.21. The number of carbonyl (C=O) groups is 2. The topological polar surface area (TPSA) is 89.5 Å². The van der Waals surface area contributed by atoms with Gasteiger partial charge in [-0.3, -0.25) is 9.59 Å². The number of aryl methyl sites for hydroxylation is 2. The fourth-order valence-corrected chi connectivity index (χ4v) is 4.28. The summed E-state index contributed by atoms with van der Waals surface area (Å²) in [5.41, 5.74) is 2.54. The van der Waals surface area contributed by atoms with Gasteiger partial charge in [-0.1, -0.05) is 18.2 Å². The third-order valence-electron chi connectivity index (χ3n) is 3.85. The number of ether oxygens (including phenoxy) is 1. The number of benzene rings is 1. The number of sulfonamides is 1. The van der Waals surface area contributed by atoms with Crippen molar-refractivity contribution in [1.29, 1.82) is 0 Å². The monoisotopic (exact) mass is 395 g/mol. The molecule has 0 amide bonds. The van der Waals surface area contributed by atoms with Gasteiger partial charge in [-0.15, -0.1) is 11.3 Å². The van der Waals surface area contributed by atoms with Crippen LogP contribution in [0.2, 0.25) is 0 Å². The molecule has 6 nitrogen and oxygen atoms in total. The van der Waals surface area contributed by atoms with Crippen LogP contribution >= 0.6 is 11.3 Å². The van der Waals surface area contributed by atoms with Crippen LogP contribution < -0.4 is 4.72 Å². The maximum atomic E-state index is 12.3. The number of rotatable bonds is 8. The molecular weight excluding hydrogens is 374 g/mol. The minimum atomic E-state index is -3.62. The number of thiophene rings is 1. The lowest BCUT2D eigenvalue weighted by atomic mass is 10.0. The lowest BCUT2D eigenvalue weighted by molar-refractivity contribution is -0.146. The van der Waals surface area contributed by atoms with E-state index in [1.54, 1.807) is 23.6 Å². The molecule has 26 heavy (non-hydrogen) atoms. The number of hydrogen-bond donors (Lipinski definition) is 1. The molecular formula is C18H21NO5S2. The highest BCUT2D eigenvalue weighted by Gasteiger charge is 2.21. The van der Waals surface area contributed by atoms with Gasteiger partial charge in [0.15, 0.2) is 6.10 Å². The Morgan fingerprint density at radius 1 is 1.19 bits per heavy atom. The maximum Gasteiger partial charge on any atom is 0.307 e. The van der Waals surface area contributed by atoms with Crippen molar-refractivity contribution in [2.45, 2.75) is 37.5 Å². The van der Waals surface area contributed by atoms with E-state index in [0.717, 1.165) is 22.5 Å². The Morgan fingerprint density at radius 2 is 1.92 bits per heavy atom. The molecule has 0 aliphatic rings. The van der Waals surface area contributed by atoms with Crippen LogP contribution in [-0.4, -0.2) is 32.8 Å². The minimum Gasteiger partial charge on any atom is -0.454 e. The van der Waals surface area contributed by atoms with Crippen molar-refractivity contribution >= 4 is 33.1 Å². The lowest BCUT2D eigenvalue weighted by Crippen LogP contribution is -2.29. The van der Waals surface area contributed by atoms with Crippen molar-refractivity contribution in [3.05, 3.63) is 52.4 Å². The first-order chi connectivity index (χ1) is 12.2. The number of ketones is 1. The number of esters is 1. The van der Waals surface area contributed by atoms with E-state index in [9.17, 15) is 18.0 Å². The van der Waals surface area contributed by atoms with Gasteiger partial charge in [0.1, 0.15) is 4.21 Å². The molecule has 0 spiro atoms. The van der Waals surface area contributed by atoms with Gasteiger partial charge in [0.05, 0.1) is 6.42 Å². The summed E-state index contributed by atoms with van der Waals surface area (Å²) in [6, 6.07) is 8.42. The fraction of sp³-hybridized carbons (Fsp3) is 0.333. The lowest BCUT2D eigenvalue weighted by Gasteiger charge is -2.13. The zero-order valence-electron chi connectivity index (χ0n) is 14.8. The van der Waals surface area contributed by atoms with Gasteiger partial charge in [0, 0.05) is 12.1 Å². The molecule has 0 aliphatic heterocycles. The molecule has 2 aromatic rings. The van der Waals surface area contributed by atoms with E-state index in [0.29, 0.717) is 5.56 Å². The molecule has 0 saturated heterocycles. The normalized spacial score (nSPS) is 12.6. The van der Waals surface area contributed by atoms with Crippen LogP contribution in [0.25, 0.3) is 0 Å². The van der Waals surface area contributed by atoms with Crippen LogP contribution in [0.1, 0.15) is 34.8 Å². The molecule has 0 saturated carbocycles. The Kier molecular flexibility index (Phi) is 6.69. The molecule has 1 heterocycles. The van der Waals surface area contributed by atoms with Gasteiger partial charge < -0.3 is 4.74 Å². The van der Waals surface area contributed by atoms with Crippen LogP contribution in [0.3, 0.4) is 0 Å². The predicted molar refractivity (Wildman–Crippen MR) is 99.9 cm³/mol. The molecule has 2 rings (SSSR count). The van der Waals surface area contributed by atoms with Gasteiger partial charge in [0.2, 0.25) is 15.8 Å². The predicted octanol–water partition coefficient (Wildman–Crippen LogP) is 2.85. The largest absolute Gasteiger partial charge is 0.454 e. The van der Waals surface area contributed by atoms with Crippen LogP contribution in [0.4, 0.5) is 0 Å². The third kappa shape index (κ3) is 5.23. The summed E-state index contributed by atoms with van der Waals surface area (Å²) in [5.74, 6) is -0.927. The van der Waals surface area contributed by atoms with Crippen LogP contribution in [0.15, 0.2) is 39.9 Å². The second kappa shape index (κ2) is 8.57. The first kappa shape index (κ1) is 20.3. The molecule has 1 N–H and O–H groups in total. The zero-order valence-corrected chi connectivity index (χ0v) is 16.4. The average molecular weight is 396 g/mol. The van der Waals surface area contributed by atoms with Crippen molar-refractivity contribution in [3.63, 3.8) is 0 Å². The van der Waals surface area contributed by atoms with Gasteiger partial charge in [-0.25, -0.2) is 13.1 Å². The Balaban J connectivity index is 1.85. The van der Waals surface area contributed by atoms with Gasteiger partial charge in [0.25, 0.3) is 0 Å². The highest BCUT2D eigenvalue weighted by molar-refractivity contribution is 7.91. The highest BCUT2D eigenvalue weighted by Crippen LogP contribution is 2.15. The van der Waals surface area contributed by atoms with Gasteiger partial charge >= 0.3 is 5.97 Å². The second-order valence-electron chi connectivity index (χ2n) is 5.88. The number of Topliss-reactive ketones (excluding diaryl/α,β-unsaturated/α-hetero) is 1. The molecule has 0 radical (unpaired) electrons. The van der Waals surface area contributed by atoms with E-state index < -0.39 is 22.1 Å². The van der Waals surface area contributed by atoms with E-state index in [4.69, 9.17) is 4.74 Å². The Bertz CT molecular complexity index is 888. The van der Waals surface area contributed by atoms with E-state index in [-0.39, 0.29) is 23.0 Å². The Morgan fingerprint density at radius 3 is 2.54 bits per heavy atom. The number of hydrogen-bond acceptors (Lipinski definition) is 6. The first-order valence-electron chi connectivity index (χ1n) is 8.05. The number of nitrogens with one attached hydrogen (secondary N) is 1. The maximum absolute atomic E-state index is 12.3. The van der Waals surface area contributed by atoms with Crippen molar-refractivity contribution in [1.82, 2.24) is 4.72 Å². The van der Waals surface area contributed by atoms with E-state index in [2.05, 4.69) is 4.72 Å². The Hall–Kier alpha value is -2.03. The van der Waals surface area contributed by atoms with Crippen molar-refractivity contribution in [2.24, 2.45) is 0 Å². The van der Waals surface area contributed by atoms with Gasteiger partial charge in [-0.05, 0) is 49.4 Å². The Labute approximate surface area is 157 Å². The third-order valence-corrected chi connectivity index (χ3v) is 6.71. The summed E-state index contributed by atoms with van der Waals surface area (Å²) in [4.78, 5) is 24.2. The summed E-state index contributed by atoms with van der Waals surface area (Å²) < 4.78 is 31.5. The summed E-state index contributed by atoms with van der Waals surface area (Å²) in [6.07, 6.45) is -1.09. The van der Waals surface area contributed by atoms with Crippen LogP contribution in [0, 0.1) is 13.8 Å². The zero-order chi connectivity index (χ0) is 19.3. The molecule has 1 aromatic heterocycles. The molecule has 1 aromatic carbocycles. The van der Waals surface area contributed by atoms with Crippen LogP contribution in [0.5, 0.6) is 0 Å². The van der Waals surface area contributed by atoms with E-state index in [1.165, 1.54) is 13.0 Å². The molecule has 8 heteroatoms. The highest BCUT2D eigenvalue weighted by atomic mass is 32.2. The van der Waals surface area contributed by atoms with Crippen molar-refractivity contribution < 1.29 is 22.7 Å². The van der Waals surface area contributed by atoms with Crippen molar-refractivity contribution in [2.75, 3.05) is 6.54 Å². The molecule has 1 unspecified atom stereocenters. The molecule has 0 bridgehead atoms. The molecule has 0 fully saturated rings. The summed E-state index contributed by atoms with van der Waals surface area (Å²) in [6.45, 7) is 5.27. The second-order valence-corrected chi connectivity index (χ2v) is 8.82. The smallest absolute Gasteiger partial charge is 0.307 e. The standard InChI is InChI=1S/C18H21NO5S2/c1-12-6-7-15(11-13(12)2)18(21)14(3)24-16(20)8-9-19-26(22,23)17-5-4-10-25-17/h4-7,10-11,14,19H,8-9H2,1-3H3. The first-order valence-corrected chi connectivity index (χ1v) is 10.4. The van der Waals surface area contributed by atoms with E-state index in [1.807, 2.05) is 19.9 Å². The van der Waals surface area contributed by atoms with Crippen molar-refractivity contribution in [3.8, 4) is 0 Å². The quantitative estimate of drug-likeness (QED) is 0.548. The average Bonchev–Trinajstić information content (AvgIpc) is 3.12. The molecule has 140 valence electrons. The van der Waals surface area contributed by atoms with E-state index >= 15 is 0 Å². The summed E-state index contributed by atoms with van der Waals surface area (Å²) >= 11 is 1.09. The summed E-state index contributed by atoms with van der Waals surface area (Å²) in [5, 5.41) is 1.66. The minimum absolute atomic E-state index is 0.0936. The van der Waals surface area contributed by atoms with Crippen LogP contribution in [-0.2, 0) is 19.6 Å². The SMILES string of the molecule is Cc1ccc(C(=O)C(C)OC(=O)CCNS(=O)(=O)c2cccs2)cc1C. The number of carbonyl (C=O) groups excluding carboxylic acids is 2. The summed E-state index contributed by atoms with van der Waals surface area (Å²) in [7, 11) is -3.62. The molecule has 0 aliphatic carbocycles. The van der Waals surface area contributed by atoms with Gasteiger partial charge in [-0.2, -0.15) is 0 Å².